The van der Waals surface area contributed by atoms with Gasteiger partial charge in [0.05, 0.1) is 11.6 Å². The Labute approximate surface area is 204 Å². The summed E-state index contributed by atoms with van der Waals surface area (Å²) in [6, 6.07) is 5.89. The van der Waals surface area contributed by atoms with Crippen molar-refractivity contribution in [1.82, 2.24) is 19.8 Å². The van der Waals surface area contributed by atoms with Crippen LogP contribution >= 0.6 is 0 Å². The maximum Gasteiger partial charge on any atom is 0.241 e. The van der Waals surface area contributed by atoms with E-state index in [0.717, 1.165) is 37.9 Å². The van der Waals surface area contributed by atoms with Crippen molar-refractivity contribution < 1.29 is 18.8 Å². The summed E-state index contributed by atoms with van der Waals surface area (Å²) < 4.78 is 15.1. The second-order valence-corrected chi connectivity index (χ2v) is 9.71. The van der Waals surface area contributed by atoms with Crippen molar-refractivity contribution in [3.63, 3.8) is 0 Å². The average Bonchev–Trinajstić information content (AvgIpc) is 3.14. The van der Waals surface area contributed by atoms with Crippen molar-refractivity contribution >= 4 is 23.5 Å². The van der Waals surface area contributed by atoms with Crippen LogP contribution in [0.25, 0.3) is 0 Å². The second kappa shape index (κ2) is 9.71. The Bertz CT molecular complexity index is 1100. The number of imide groups is 1. The predicted molar refractivity (Wildman–Crippen MR) is 127 cm³/mol. The minimum absolute atomic E-state index is 0.142. The van der Waals surface area contributed by atoms with Crippen LogP contribution in [0.5, 0.6) is 0 Å². The van der Waals surface area contributed by atoms with E-state index in [4.69, 9.17) is 0 Å². The lowest BCUT2D eigenvalue weighted by Crippen LogP contribution is -2.52. The fourth-order valence-corrected chi connectivity index (χ4v) is 5.77. The van der Waals surface area contributed by atoms with E-state index in [-0.39, 0.29) is 36.3 Å². The number of likely N-dealkylation sites (tertiary alicyclic amines) is 1. The SMILES string of the molecule is O=C(C[C@]1(c2ccccc2F)CC(=O)N(C2CCCCC2)C1=O)N1CCN(c2cnccn2)CC1. The van der Waals surface area contributed by atoms with Crippen LogP contribution in [0.1, 0.15) is 50.5 Å². The van der Waals surface area contributed by atoms with Gasteiger partial charge in [0.1, 0.15) is 11.6 Å². The van der Waals surface area contributed by atoms with Gasteiger partial charge in [-0.2, -0.15) is 0 Å². The Morgan fingerprint density at radius 1 is 1.03 bits per heavy atom. The molecule has 5 rings (SSSR count). The Balaban J connectivity index is 1.38. The van der Waals surface area contributed by atoms with E-state index in [9.17, 15) is 14.4 Å². The molecule has 1 aliphatic carbocycles. The Kier molecular flexibility index (Phi) is 6.49. The third-order valence-electron chi connectivity index (χ3n) is 7.64. The van der Waals surface area contributed by atoms with Gasteiger partial charge in [-0.1, -0.05) is 37.5 Å². The lowest BCUT2D eigenvalue weighted by molar-refractivity contribution is -0.145. The van der Waals surface area contributed by atoms with Crippen molar-refractivity contribution in [1.29, 1.82) is 0 Å². The average molecular weight is 480 g/mol. The van der Waals surface area contributed by atoms with E-state index in [1.165, 1.54) is 11.0 Å². The van der Waals surface area contributed by atoms with Gasteiger partial charge in [-0.3, -0.25) is 24.3 Å². The highest BCUT2D eigenvalue weighted by molar-refractivity contribution is 6.11. The maximum atomic E-state index is 15.1. The first kappa shape index (κ1) is 23.4. The Morgan fingerprint density at radius 2 is 1.77 bits per heavy atom. The zero-order valence-corrected chi connectivity index (χ0v) is 19.7. The summed E-state index contributed by atoms with van der Waals surface area (Å²) in [5.41, 5.74) is -1.36. The zero-order chi connectivity index (χ0) is 24.4. The van der Waals surface area contributed by atoms with Crippen molar-refractivity contribution in [2.24, 2.45) is 0 Å². The molecular weight excluding hydrogens is 449 g/mol. The van der Waals surface area contributed by atoms with Gasteiger partial charge in [0.15, 0.2) is 0 Å². The molecule has 0 radical (unpaired) electrons. The Hall–Kier alpha value is -3.36. The number of nitrogens with zero attached hydrogens (tertiary/aromatic N) is 5. The number of carbonyl (C=O) groups is 3. The molecule has 1 aromatic carbocycles. The number of piperazine rings is 1. The summed E-state index contributed by atoms with van der Waals surface area (Å²) in [6.07, 6.45) is 9.09. The molecule has 0 N–H and O–H groups in total. The van der Waals surface area contributed by atoms with Gasteiger partial charge < -0.3 is 9.80 Å². The van der Waals surface area contributed by atoms with E-state index in [0.29, 0.717) is 26.2 Å². The molecule has 0 spiro atoms. The van der Waals surface area contributed by atoms with Gasteiger partial charge in [-0.25, -0.2) is 9.37 Å². The lowest BCUT2D eigenvalue weighted by Gasteiger charge is -2.37. The van der Waals surface area contributed by atoms with E-state index in [1.807, 2.05) is 0 Å². The van der Waals surface area contributed by atoms with Crippen molar-refractivity contribution in [2.75, 3.05) is 31.1 Å². The van der Waals surface area contributed by atoms with Crippen LogP contribution in [0.2, 0.25) is 0 Å². The van der Waals surface area contributed by atoms with Crippen LogP contribution in [0.4, 0.5) is 10.2 Å². The molecule has 8 nitrogen and oxygen atoms in total. The molecule has 2 aromatic rings. The van der Waals surface area contributed by atoms with Gasteiger partial charge in [-0.05, 0) is 18.9 Å². The number of amides is 3. The van der Waals surface area contributed by atoms with Crippen LogP contribution in [0, 0.1) is 5.82 Å². The fraction of sp³-hybridized carbons (Fsp3) is 0.500. The molecule has 35 heavy (non-hydrogen) atoms. The molecule has 2 saturated heterocycles. The van der Waals surface area contributed by atoms with Gasteiger partial charge in [0, 0.05) is 63.0 Å². The normalized spacial score (nSPS) is 23.7. The number of rotatable bonds is 5. The molecule has 1 atom stereocenters. The van der Waals surface area contributed by atoms with Crippen molar-refractivity contribution in [3.05, 3.63) is 54.2 Å². The van der Waals surface area contributed by atoms with Crippen LogP contribution in [-0.4, -0.2) is 69.7 Å². The number of anilines is 1. The minimum atomic E-state index is -1.50. The van der Waals surface area contributed by atoms with Crippen LogP contribution in [-0.2, 0) is 19.8 Å². The van der Waals surface area contributed by atoms with E-state index < -0.39 is 17.1 Å². The highest BCUT2D eigenvalue weighted by Crippen LogP contribution is 2.43. The summed E-state index contributed by atoms with van der Waals surface area (Å²) in [5.74, 6) is -0.767. The van der Waals surface area contributed by atoms with Crippen LogP contribution < -0.4 is 4.90 Å². The molecule has 1 aromatic heterocycles. The van der Waals surface area contributed by atoms with Crippen LogP contribution in [0.15, 0.2) is 42.9 Å². The van der Waals surface area contributed by atoms with Crippen molar-refractivity contribution in [2.45, 2.75) is 56.4 Å². The smallest absolute Gasteiger partial charge is 0.241 e. The lowest BCUT2D eigenvalue weighted by atomic mass is 9.75. The maximum absolute atomic E-state index is 15.1. The van der Waals surface area contributed by atoms with Gasteiger partial charge in [-0.15, -0.1) is 0 Å². The monoisotopic (exact) mass is 479 g/mol. The van der Waals surface area contributed by atoms with E-state index in [2.05, 4.69) is 14.9 Å². The number of hydrogen-bond donors (Lipinski definition) is 0. The topological polar surface area (TPSA) is 86.7 Å². The standard InChI is InChI=1S/C26H30FN5O3/c27-21-9-5-4-8-20(21)26(17-24(34)32(25(26)35)19-6-2-1-3-7-19)16-23(33)31-14-12-30(13-15-31)22-18-28-10-11-29-22/h4-5,8-11,18-19H,1-3,6-7,12-17H2/t26-/m1/s1. The van der Waals surface area contributed by atoms with Gasteiger partial charge in [0.2, 0.25) is 17.7 Å². The first-order valence-corrected chi connectivity index (χ1v) is 12.4. The van der Waals surface area contributed by atoms with Gasteiger partial charge >= 0.3 is 0 Å². The minimum Gasteiger partial charge on any atom is -0.352 e. The Morgan fingerprint density at radius 3 is 2.46 bits per heavy atom. The highest BCUT2D eigenvalue weighted by Gasteiger charge is 2.56. The fourth-order valence-electron chi connectivity index (χ4n) is 5.77. The number of hydrogen-bond acceptors (Lipinski definition) is 6. The zero-order valence-electron chi connectivity index (χ0n) is 19.7. The third kappa shape index (κ3) is 4.39. The largest absolute Gasteiger partial charge is 0.352 e. The molecule has 184 valence electrons. The summed E-state index contributed by atoms with van der Waals surface area (Å²) in [4.78, 5) is 54.1. The second-order valence-electron chi connectivity index (χ2n) is 9.71. The molecular formula is C26H30FN5O3. The first-order chi connectivity index (χ1) is 17.0. The summed E-state index contributed by atoms with van der Waals surface area (Å²) in [7, 11) is 0. The van der Waals surface area contributed by atoms with E-state index in [1.54, 1.807) is 41.7 Å². The van der Waals surface area contributed by atoms with Gasteiger partial charge in [0.25, 0.3) is 0 Å². The first-order valence-electron chi connectivity index (χ1n) is 12.4. The predicted octanol–water partition coefficient (Wildman–Crippen LogP) is 2.68. The summed E-state index contributed by atoms with van der Waals surface area (Å²) in [6.45, 7) is 2.07. The molecule has 0 unspecified atom stereocenters. The molecule has 3 fully saturated rings. The number of aromatic nitrogens is 2. The summed E-state index contributed by atoms with van der Waals surface area (Å²) in [5, 5.41) is 0. The quantitative estimate of drug-likeness (QED) is 0.613. The number of halogens is 1. The molecule has 3 amide bonds. The van der Waals surface area contributed by atoms with E-state index >= 15 is 4.39 Å². The highest BCUT2D eigenvalue weighted by atomic mass is 19.1. The molecule has 1 saturated carbocycles. The molecule has 9 heteroatoms. The van der Waals surface area contributed by atoms with Crippen LogP contribution in [0.3, 0.4) is 0 Å². The summed E-state index contributed by atoms with van der Waals surface area (Å²) >= 11 is 0. The number of carbonyl (C=O) groups excluding carboxylic acids is 3. The molecule has 3 heterocycles. The molecule has 2 aliphatic heterocycles. The van der Waals surface area contributed by atoms with Crippen molar-refractivity contribution in [3.8, 4) is 0 Å². The third-order valence-corrected chi connectivity index (χ3v) is 7.64. The number of benzene rings is 1. The molecule has 0 bridgehead atoms. The molecule has 3 aliphatic rings.